The number of imide groups is 2. The highest BCUT2D eigenvalue weighted by atomic mass is 16.5. The first kappa shape index (κ1) is 25.2. The number of methoxy groups -OCH3 is 1. The number of amides is 7. The molecule has 190 valence electrons. The molecule has 0 spiro atoms. The van der Waals surface area contributed by atoms with Crippen LogP contribution in [0.25, 0.3) is 0 Å². The number of rotatable bonds is 4. The fourth-order valence-electron chi connectivity index (χ4n) is 4.42. The van der Waals surface area contributed by atoms with Gasteiger partial charge in [-0.1, -0.05) is 37.5 Å². The van der Waals surface area contributed by atoms with Crippen LogP contribution in [-0.4, -0.2) is 53.9 Å². The van der Waals surface area contributed by atoms with Crippen molar-refractivity contribution < 1.29 is 28.7 Å². The van der Waals surface area contributed by atoms with Gasteiger partial charge >= 0.3 is 12.1 Å². The summed E-state index contributed by atoms with van der Waals surface area (Å²) in [5.74, 6) is 4.84. The molecule has 0 radical (unpaired) electrons. The van der Waals surface area contributed by atoms with Crippen LogP contribution in [0.3, 0.4) is 0 Å². The van der Waals surface area contributed by atoms with Crippen LogP contribution >= 0.6 is 0 Å². The molecule has 4 N–H and O–H groups in total. The van der Waals surface area contributed by atoms with Gasteiger partial charge in [-0.05, 0) is 42.3 Å². The van der Waals surface area contributed by atoms with E-state index in [9.17, 15) is 24.0 Å². The summed E-state index contributed by atoms with van der Waals surface area (Å²) in [7, 11) is 1.51. The minimum atomic E-state index is -1.65. The van der Waals surface area contributed by atoms with E-state index in [2.05, 4.69) is 33.1 Å². The molecule has 3 heterocycles. The van der Waals surface area contributed by atoms with Crippen LogP contribution < -0.4 is 26.0 Å². The third kappa shape index (κ3) is 4.23. The van der Waals surface area contributed by atoms with Crippen LogP contribution in [0, 0.1) is 11.8 Å². The summed E-state index contributed by atoms with van der Waals surface area (Å²) >= 11 is 0. The molecule has 7 amide bonds. The van der Waals surface area contributed by atoms with Crippen molar-refractivity contribution in [2.45, 2.75) is 32.0 Å². The predicted molar refractivity (Wildman–Crippen MR) is 131 cm³/mol. The first-order chi connectivity index (χ1) is 17.1. The highest BCUT2D eigenvalue weighted by molar-refractivity contribution is 6.10. The van der Waals surface area contributed by atoms with Crippen molar-refractivity contribution in [2.24, 2.45) is 0 Å². The maximum Gasteiger partial charge on any atom is 0.323 e. The zero-order valence-electron chi connectivity index (χ0n) is 19.4. The molecule has 0 saturated carbocycles. The summed E-state index contributed by atoms with van der Waals surface area (Å²) in [5.41, 5.74) is -0.564. The van der Waals surface area contributed by atoms with Gasteiger partial charge in [-0.2, -0.15) is 0 Å². The van der Waals surface area contributed by atoms with Gasteiger partial charge in [0.15, 0.2) is 0 Å². The van der Waals surface area contributed by atoms with Crippen molar-refractivity contribution in [3.8, 4) is 17.6 Å². The lowest BCUT2D eigenvalue weighted by molar-refractivity contribution is -0.124. The van der Waals surface area contributed by atoms with Crippen LogP contribution in [0.2, 0.25) is 0 Å². The molecule has 3 aliphatic heterocycles. The Morgan fingerprint density at radius 1 is 0.946 bits per heavy atom. The van der Waals surface area contributed by atoms with Crippen molar-refractivity contribution in [1.29, 1.82) is 0 Å². The molecule has 5 rings (SSSR count). The summed E-state index contributed by atoms with van der Waals surface area (Å²) in [5, 5.41) is 9.56. The first-order valence-electron chi connectivity index (χ1n) is 11.0. The quantitative estimate of drug-likeness (QED) is 0.361. The van der Waals surface area contributed by atoms with E-state index in [0.717, 1.165) is 5.56 Å². The fourth-order valence-corrected chi connectivity index (χ4v) is 4.42. The van der Waals surface area contributed by atoms with Crippen LogP contribution in [0.5, 0.6) is 5.75 Å². The normalized spacial score (nSPS) is 23.7. The predicted octanol–water partition coefficient (Wildman–Crippen LogP) is 0.972. The molecule has 2 aromatic carbocycles. The lowest BCUT2D eigenvalue weighted by Crippen LogP contribution is -2.54. The molecule has 0 aliphatic carbocycles. The van der Waals surface area contributed by atoms with Gasteiger partial charge in [0.05, 0.1) is 13.7 Å². The highest BCUT2D eigenvalue weighted by Gasteiger charge is 2.48. The summed E-state index contributed by atoms with van der Waals surface area (Å²) < 4.78 is 5.20. The van der Waals surface area contributed by atoms with Crippen molar-refractivity contribution in [2.75, 3.05) is 13.7 Å². The fraction of sp³-hybridized carbons (Fsp3) is 0.269. The number of nitrogens with one attached hydrogen (secondary N) is 4. The molecule has 2 aromatic rings. The Balaban J connectivity index is 0.00000320. The average Bonchev–Trinajstić information content (AvgIpc) is 3.42. The van der Waals surface area contributed by atoms with Crippen LogP contribution in [0.1, 0.15) is 41.4 Å². The summed E-state index contributed by atoms with van der Waals surface area (Å²) in [6.45, 7) is 1.68. The Bertz CT molecular complexity index is 1410. The summed E-state index contributed by atoms with van der Waals surface area (Å²) in [4.78, 5) is 63.0. The SMILES string of the molecule is C.COc1ccc2c(c1)C(=O)N(C[C@@]1(C#Cc3ccc(C4(C)NC(=O)NC4=O)cc3)NC(=O)NC1=O)C2. The Morgan fingerprint density at radius 3 is 2.22 bits per heavy atom. The van der Waals surface area contributed by atoms with E-state index in [1.807, 2.05) is 0 Å². The second-order valence-corrected chi connectivity index (χ2v) is 8.86. The van der Waals surface area contributed by atoms with Crippen LogP contribution in [0.15, 0.2) is 42.5 Å². The molecule has 1 unspecified atom stereocenters. The number of urea groups is 2. The topological polar surface area (TPSA) is 146 Å². The number of hydrogen-bond acceptors (Lipinski definition) is 6. The maximum absolute atomic E-state index is 13.0. The van der Waals surface area contributed by atoms with Gasteiger partial charge in [0.25, 0.3) is 17.7 Å². The first-order valence-corrected chi connectivity index (χ1v) is 11.0. The minimum absolute atomic E-state index is 0. The van der Waals surface area contributed by atoms with E-state index in [1.54, 1.807) is 49.4 Å². The van der Waals surface area contributed by atoms with Gasteiger partial charge < -0.3 is 20.3 Å². The lowest BCUT2D eigenvalue weighted by Gasteiger charge is -2.26. The highest BCUT2D eigenvalue weighted by Crippen LogP contribution is 2.29. The van der Waals surface area contributed by atoms with E-state index in [4.69, 9.17) is 4.74 Å². The van der Waals surface area contributed by atoms with E-state index < -0.39 is 35.0 Å². The van der Waals surface area contributed by atoms with Crippen molar-refractivity contribution in [3.05, 3.63) is 64.7 Å². The molecule has 2 saturated heterocycles. The molecule has 0 bridgehead atoms. The van der Waals surface area contributed by atoms with Gasteiger partial charge in [0.1, 0.15) is 11.3 Å². The third-order valence-electron chi connectivity index (χ3n) is 6.49. The van der Waals surface area contributed by atoms with Gasteiger partial charge in [-0.25, -0.2) is 9.59 Å². The molecular weight excluding hydrogens is 478 g/mol. The molecule has 11 nitrogen and oxygen atoms in total. The van der Waals surface area contributed by atoms with Crippen molar-refractivity contribution >= 4 is 29.8 Å². The molecule has 37 heavy (non-hydrogen) atoms. The third-order valence-corrected chi connectivity index (χ3v) is 6.49. The number of ether oxygens (including phenoxy) is 1. The van der Waals surface area contributed by atoms with E-state index >= 15 is 0 Å². The standard InChI is InChI=1S/C25H21N5O6.CH4/c1-24(20(32)26-22(34)28-24)16-6-3-14(4-7-16)9-10-25(21(33)27-23(35)29-25)13-30-12-15-5-8-17(36-2)11-18(15)19(30)31;/h3-8,11H,12-13H2,1-2H3,(H2,26,28,32,34)(H2,27,29,33,35);1H4/t24?,25-;/m1./s1. The second kappa shape index (κ2) is 8.98. The second-order valence-electron chi connectivity index (χ2n) is 8.86. The minimum Gasteiger partial charge on any atom is -0.497 e. The van der Waals surface area contributed by atoms with Crippen molar-refractivity contribution in [3.63, 3.8) is 0 Å². The molecule has 3 aliphatic rings. The summed E-state index contributed by atoms with van der Waals surface area (Å²) in [6.07, 6.45) is 0. The maximum atomic E-state index is 13.0. The average molecular weight is 504 g/mol. The lowest BCUT2D eigenvalue weighted by atomic mass is 9.91. The molecule has 0 aromatic heterocycles. The Morgan fingerprint density at radius 2 is 1.62 bits per heavy atom. The summed E-state index contributed by atoms with van der Waals surface area (Å²) in [6, 6.07) is 10.4. The van der Waals surface area contributed by atoms with E-state index in [1.165, 1.54) is 12.0 Å². The smallest absolute Gasteiger partial charge is 0.323 e. The number of carbonyl (C=O) groups is 5. The Kier molecular flexibility index (Phi) is 6.13. The molecule has 2 atom stereocenters. The monoisotopic (exact) mass is 503 g/mol. The van der Waals surface area contributed by atoms with Crippen LogP contribution in [-0.2, 0) is 21.7 Å². The van der Waals surface area contributed by atoms with Gasteiger partial charge in [0.2, 0.25) is 5.54 Å². The van der Waals surface area contributed by atoms with Crippen molar-refractivity contribution in [1.82, 2.24) is 26.2 Å². The van der Waals surface area contributed by atoms with Gasteiger partial charge in [0, 0.05) is 17.7 Å². The molecular formula is C26H25N5O6. The molecule has 2 fully saturated rings. The van der Waals surface area contributed by atoms with E-state index in [-0.39, 0.29) is 26.4 Å². The zero-order valence-corrected chi connectivity index (χ0v) is 19.4. The number of carbonyl (C=O) groups excluding carboxylic acids is 5. The van der Waals surface area contributed by atoms with Gasteiger partial charge in [-0.3, -0.25) is 25.0 Å². The Labute approximate surface area is 212 Å². The zero-order chi connectivity index (χ0) is 25.7. The molecule has 11 heteroatoms. The largest absolute Gasteiger partial charge is 0.497 e. The number of benzene rings is 2. The van der Waals surface area contributed by atoms with Gasteiger partial charge in [-0.15, -0.1) is 0 Å². The number of nitrogens with zero attached hydrogens (tertiary/aromatic N) is 1. The number of hydrogen-bond donors (Lipinski definition) is 4. The Hall–Kier alpha value is -4.85. The van der Waals surface area contributed by atoms with E-state index in [0.29, 0.717) is 22.4 Å². The van der Waals surface area contributed by atoms with Crippen LogP contribution in [0.4, 0.5) is 9.59 Å². The number of fused-ring (bicyclic) bond motifs is 1.